The summed E-state index contributed by atoms with van der Waals surface area (Å²) in [6, 6.07) is 11.0. The Morgan fingerprint density at radius 2 is 1.93 bits per heavy atom. The number of hydrogen-bond donors (Lipinski definition) is 0. The number of carbonyl (C=O) groups is 2. The Hall–Kier alpha value is -3.81. The third-order valence-electron chi connectivity index (χ3n) is 4.27. The number of nitrogens with zero attached hydrogens (tertiary/aromatic N) is 2. The molecule has 0 amide bonds. The van der Waals surface area contributed by atoms with E-state index in [0.29, 0.717) is 28.9 Å². The average molecular weight is 408 g/mol. The minimum atomic E-state index is -0.659. The second-order valence-corrected chi connectivity index (χ2v) is 7.21. The highest BCUT2D eigenvalue weighted by Crippen LogP contribution is 2.24. The Labute approximate surface area is 173 Å². The number of esters is 2. The fraction of sp³-hybridized carbons (Fsp3) is 0.227. The minimum absolute atomic E-state index is 0.00299. The average Bonchev–Trinajstić information content (AvgIpc) is 3.07. The van der Waals surface area contributed by atoms with Crippen LogP contribution in [0.15, 0.2) is 53.2 Å². The van der Waals surface area contributed by atoms with Crippen LogP contribution in [0.5, 0.6) is 0 Å². The predicted molar refractivity (Wildman–Crippen MR) is 110 cm³/mol. The van der Waals surface area contributed by atoms with E-state index in [1.54, 1.807) is 43.3 Å². The van der Waals surface area contributed by atoms with Crippen molar-refractivity contribution in [3.05, 3.63) is 80.5 Å². The van der Waals surface area contributed by atoms with Gasteiger partial charge in [-0.1, -0.05) is 32.0 Å². The maximum Gasteiger partial charge on any atom is 0.363 e. The topological polar surface area (TPSA) is 108 Å². The molecule has 0 N–H and O–H groups in total. The number of aryl methyl sites for hydroxylation is 1. The number of benzene rings is 2. The minimum Gasteiger partial charge on any atom is -0.462 e. The summed E-state index contributed by atoms with van der Waals surface area (Å²) < 4.78 is 10.3. The lowest BCUT2D eigenvalue weighted by molar-refractivity contribution is -0.385. The van der Waals surface area contributed by atoms with E-state index in [-0.39, 0.29) is 23.2 Å². The van der Waals surface area contributed by atoms with Crippen molar-refractivity contribution in [3.8, 4) is 0 Å². The molecule has 0 aliphatic carbocycles. The number of hydrogen-bond acceptors (Lipinski definition) is 7. The molecule has 0 radical (unpaired) electrons. The molecule has 0 unspecified atom stereocenters. The quantitative estimate of drug-likeness (QED) is 0.309. The van der Waals surface area contributed by atoms with Gasteiger partial charge in [0.15, 0.2) is 5.70 Å². The molecule has 0 bridgehead atoms. The van der Waals surface area contributed by atoms with Crippen LogP contribution in [0.3, 0.4) is 0 Å². The van der Waals surface area contributed by atoms with Gasteiger partial charge < -0.3 is 9.47 Å². The smallest absolute Gasteiger partial charge is 0.363 e. The van der Waals surface area contributed by atoms with Gasteiger partial charge in [-0.05, 0) is 42.7 Å². The first-order valence-electron chi connectivity index (χ1n) is 9.29. The third-order valence-corrected chi connectivity index (χ3v) is 4.27. The van der Waals surface area contributed by atoms with Gasteiger partial charge in [-0.3, -0.25) is 10.1 Å². The summed E-state index contributed by atoms with van der Waals surface area (Å²) in [6.45, 7) is 5.86. The van der Waals surface area contributed by atoms with Crippen molar-refractivity contribution in [2.75, 3.05) is 6.61 Å². The summed E-state index contributed by atoms with van der Waals surface area (Å²) in [5.74, 6) is -0.824. The van der Waals surface area contributed by atoms with Crippen LogP contribution in [0.1, 0.15) is 40.9 Å². The van der Waals surface area contributed by atoms with Crippen molar-refractivity contribution < 1.29 is 24.0 Å². The fourth-order valence-electron chi connectivity index (χ4n) is 2.67. The summed E-state index contributed by atoms with van der Waals surface area (Å²) in [6.07, 6.45) is 1.52. The van der Waals surface area contributed by atoms with Gasteiger partial charge in [0.25, 0.3) is 5.69 Å². The number of carbonyl (C=O) groups excluding carboxylic acids is 2. The number of nitro groups is 1. The van der Waals surface area contributed by atoms with Gasteiger partial charge in [-0.2, -0.15) is 0 Å². The van der Waals surface area contributed by atoms with E-state index in [1.165, 1.54) is 12.1 Å². The van der Waals surface area contributed by atoms with E-state index in [4.69, 9.17) is 9.47 Å². The molecule has 2 aromatic rings. The summed E-state index contributed by atoms with van der Waals surface area (Å²) in [4.78, 5) is 38.9. The molecule has 0 atom stereocenters. The molecule has 8 heteroatoms. The predicted octanol–water partition coefficient (Wildman–Crippen LogP) is 4.06. The van der Waals surface area contributed by atoms with Crippen LogP contribution in [-0.2, 0) is 14.3 Å². The standard InChI is InChI=1S/C22H20N2O6/c1-13(2)12-29-21(25)16-8-5-15(6-9-16)10-18-22(26)30-20(23-18)17-7-4-14(3)19(11-17)24(27)28/h4-11,13H,12H2,1-3H3/b18-10-. The van der Waals surface area contributed by atoms with E-state index < -0.39 is 16.9 Å². The summed E-state index contributed by atoms with van der Waals surface area (Å²) in [7, 11) is 0. The Balaban J connectivity index is 1.80. The van der Waals surface area contributed by atoms with Gasteiger partial charge in [-0.15, -0.1) is 0 Å². The van der Waals surface area contributed by atoms with Crippen molar-refractivity contribution in [3.63, 3.8) is 0 Å². The highest BCUT2D eigenvalue weighted by Gasteiger charge is 2.26. The molecule has 0 fully saturated rings. The molecule has 0 spiro atoms. The zero-order chi connectivity index (χ0) is 21.8. The van der Waals surface area contributed by atoms with Crippen molar-refractivity contribution in [1.82, 2.24) is 0 Å². The number of aliphatic imine (C=N–C) groups is 1. The van der Waals surface area contributed by atoms with Crippen LogP contribution in [0.2, 0.25) is 0 Å². The van der Waals surface area contributed by atoms with Gasteiger partial charge >= 0.3 is 11.9 Å². The summed E-state index contributed by atoms with van der Waals surface area (Å²) in [5, 5.41) is 11.1. The van der Waals surface area contributed by atoms with Gasteiger partial charge in [0, 0.05) is 17.2 Å². The van der Waals surface area contributed by atoms with E-state index in [9.17, 15) is 19.7 Å². The first kappa shape index (κ1) is 20.9. The van der Waals surface area contributed by atoms with Crippen LogP contribution < -0.4 is 0 Å². The first-order chi connectivity index (χ1) is 14.2. The highest BCUT2D eigenvalue weighted by atomic mass is 16.6. The van der Waals surface area contributed by atoms with Crippen molar-refractivity contribution in [1.29, 1.82) is 0 Å². The molecular weight excluding hydrogens is 388 g/mol. The lowest BCUT2D eigenvalue weighted by Gasteiger charge is -2.07. The van der Waals surface area contributed by atoms with Gasteiger partial charge in [-0.25, -0.2) is 14.6 Å². The van der Waals surface area contributed by atoms with Crippen LogP contribution in [0.4, 0.5) is 5.69 Å². The summed E-state index contributed by atoms with van der Waals surface area (Å²) >= 11 is 0. The zero-order valence-corrected chi connectivity index (χ0v) is 16.7. The van der Waals surface area contributed by atoms with E-state index in [2.05, 4.69) is 4.99 Å². The molecule has 8 nitrogen and oxygen atoms in total. The molecule has 2 aromatic carbocycles. The monoisotopic (exact) mass is 408 g/mol. The highest BCUT2D eigenvalue weighted by molar-refractivity contribution is 6.13. The van der Waals surface area contributed by atoms with Crippen LogP contribution in [0.25, 0.3) is 6.08 Å². The fourth-order valence-corrected chi connectivity index (χ4v) is 2.67. The molecule has 0 aromatic heterocycles. The second-order valence-electron chi connectivity index (χ2n) is 7.21. The van der Waals surface area contributed by atoms with Crippen LogP contribution in [-0.4, -0.2) is 29.4 Å². The molecule has 154 valence electrons. The van der Waals surface area contributed by atoms with Gasteiger partial charge in [0.1, 0.15) is 0 Å². The Morgan fingerprint density at radius 3 is 2.57 bits per heavy atom. The van der Waals surface area contributed by atoms with E-state index in [1.807, 2.05) is 13.8 Å². The lowest BCUT2D eigenvalue weighted by atomic mass is 10.1. The largest absolute Gasteiger partial charge is 0.462 e. The van der Waals surface area contributed by atoms with Crippen LogP contribution in [0, 0.1) is 23.0 Å². The normalized spacial score (nSPS) is 14.6. The zero-order valence-electron chi connectivity index (χ0n) is 16.7. The Morgan fingerprint density at radius 1 is 1.23 bits per heavy atom. The molecule has 0 saturated carbocycles. The van der Waals surface area contributed by atoms with Crippen molar-refractivity contribution >= 4 is 29.6 Å². The van der Waals surface area contributed by atoms with Crippen molar-refractivity contribution in [2.24, 2.45) is 10.9 Å². The third kappa shape index (κ3) is 4.78. The molecule has 30 heavy (non-hydrogen) atoms. The molecule has 1 aliphatic rings. The maximum atomic E-state index is 12.2. The van der Waals surface area contributed by atoms with E-state index >= 15 is 0 Å². The molecule has 3 rings (SSSR count). The van der Waals surface area contributed by atoms with Crippen LogP contribution >= 0.6 is 0 Å². The van der Waals surface area contributed by atoms with Gasteiger partial charge in [0.2, 0.25) is 5.90 Å². The molecule has 0 saturated heterocycles. The Bertz CT molecular complexity index is 1070. The Kier molecular flexibility index (Phi) is 6.06. The summed E-state index contributed by atoms with van der Waals surface area (Å²) in [5.41, 5.74) is 1.86. The SMILES string of the molecule is Cc1ccc(C2=N/C(=C\c3ccc(C(=O)OCC(C)C)cc3)C(=O)O2)cc1[N+](=O)[O-]. The molecular formula is C22H20N2O6. The number of rotatable bonds is 6. The van der Waals surface area contributed by atoms with E-state index in [0.717, 1.165) is 0 Å². The molecule has 1 heterocycles. The first-order valence-corrected chi connectivity index (χ1v) is 9.29. The maximum absolute atomic E-state index is 12.2. The molecule has 1 aliphatic heterocycles. The number of nitro benzene ring substituents is 1. The van der Waals surface area contributed by atoms with Crippen molar-refractivity contribution in [2.45, 2.75) is 20.8 Å². The second kappa shape index (κ2) is 8.69. The van der Waals surface area contributed by atoms with Gasteiger partial charge in [0.05, 0.1) is 17.1 Å². The number of ether oxygens (including phenoxy) is 2. The lowest BCUT2D eigenvalue weighted by Crippen LogP contribution is -2.10. The number of cyclic esters (lactones) is 1.